The van der Waals surface area contributed by atoms with Crippen molar-refractivity contribution in [3.05, 3.63) is 6.61 Å². The molecule has 0 bridgehead atoms. The fraction of sp³-hybridized carbons (Fsp3) is 0.875. The number of rotatable bonds is 7. The Morgan fingerprint density at radius 1 is 1.36 bits per heavy atom. The van der Waals surface area contributed by atoms with Crippen LogP contribution >= 0.6 is 11.8 Å². The molecule has 0 N–H and O–H groups in total. The quantitative estimate of drug-likeness (QED) is 0.294. The van der Waals surface area contributed by atoms with Crippen molar-refractivity contribution in [2.45, 2.75) is 26.2 Å². The summed E-state index contributed by atoms with van der Waals surface area (Å²) < 4.78 is 5.20. The molecule has 0 spiro atoms. The molecule has 0 saturated carbocycles. The van der Waals surface area contributed by atoms with Crippen molar-refractivity contribution in [1.82, 2.24) is 0 Å². The molecule has 0 atom stereocenters. The van der Waals surface area contributed by atoms with E-state index in [1.54, 1.807) is 0 Å². The van der Waals surface area contributed by atoms with E-state index in [9.17, 15) is 0 Å². The molecule has 3 heteroatoms. The molecular weight excluding hydrogens is 151 g/mol. The summed E-state index contributed by atoms with van der Waals surface area (Å²) in [6, 6.07) is 0. The first-order valence-corrected chi connectivity index (χ1v) is 5.23. The Morgan fingerprint density at radius 2 is 2.09 bits per heavy atom. The standard InChI is InChI=1S/C8H17OS.Li/c1-3-6-9-7-4-5-8-10-2;/h6H,3-5,7-8H2,1-2H3;/q-1;+1. The van der Waals surface area contributed by atoms with Gasteiger partial charge >= 0.3 is 18.9 Å². The van der Waals surface area contributed by atoms with Crippen molar-refractivity contribution < 1.29 is 23.6 Å². The monoisotopic (exact) mass is 168 g/mol. The molecule has 0 aliphatic carbocycles. The molecule has 0 aliphatic rings. The molecule has 0 aromatic carbocycles. The third kappa shape index (κ3) is 13.8. The van der Waals surface area contributed by atoms with E-state index in [2.05, 4.69) is 13.2 Å². The van der Waals surface area contributed by atoms with Crippen LogP contribution in [0.1, 0.15) is 26.2 Å². The van der Waals surface area contributed by atoms with Gasteiger partial charge < -0.3 is 4.74 Å². The SMILES string of the molecule is CC[CH-]OCCCCSC.[Li+]. The molecule has 0 radical (unpaired) electrons. The van der Waals surface area contributed by atoms with Gasteiger partial charge in [-0.15, -0.1) is 0 Å². The van der Waals surface area contributed by atoms with Crippen molar-refractivity contribution in [3.8, 4) is 0 Å². The van der Waals surface area contributed by atoms with E-state index in [4.69, 9.17) is 4.74 Å². The zero-order valence-electron chi connectivity index (χ0n) is 7.93. The summed E-state index contributed by atoms with van der Waals surface area (Å²) in [7, 11) is 0. The molecule has 0 heterocycles. The Kier molecular flexibility index (Phi) is 17.7. The van der Waals surface area contributed by atoms with Crippen LogP contribution in [0.5, 0.6) is 0 Å². The van der Waals surface area contributed by atoms with Gasteiger partial charge in [0.25, 0.3) is 0 Å². The largest absolute Gasteiger partial charge is 1.00 e. The molecule has 62 valence electrons. The molecule has 11 heavy (non-hydrogen) atoms. The molecule has 1 nitrogen and oxygen atoms in total. The van der Waals surface area contributed by atoms with E-state index in [1.807, 2.05) is 18.4 Å². The van der Waals surface area contributed by atoms with Crippen LogP contribution < -0.4 is 18.9 Å². The molecule has 0 aromatic rings. The molecule has 0 rings (SSSR count). The van der Waals surface area contributed by atoms with Crippen LogP contribution in [-0.2, 0) is 4.74 Å². The molecule has 0 aromatic heterocycles. The first-order chi connectivity index (χ1) is 4.91. The van der Waals surface area contributed by atoms with Crippen LogP contribution in [0.15, 0.2) is 0 Å². The number of thioether (sulfide) groups is 1. The minimum atomic E-state index is 0. The van der Waals surface area contributed by atoms with Gasteiger partial charge in [0.2, 0.25) is 0 Å². The maximum absolute atomic E-state index is 5.20. The van der Waals surface area contributed by atoms with E-state index in [0.717, 1.165) is 13.0 Å². The van der Waals surface area contributed by atoms with Gasteiger partial charge in [-0.05, 0) is 24.9 Å². The van der Waals surface area contributed by atoms with Gasteiger partial charge in [0.05, 0.1) is 0 Å². The van der Waals surface area contributed by atoms with Gasteiger partial charge in [0, 0.05) is 6.61 Å². The summed E-state index contributed by atoms with van der Waals surface area (Å²) in [6.07, 6.45) is 5.62. The van der Waals surface area contributed by atoms with Crippen molar-refractivity contribution in [2.75, 3.05) is 18.6 Å². The predicted molar refractivity (Wildman–Crippen MR) is 48.2 cm³/mol. The van der Waals surface area contributed by atoms with Crippen LogP contribution in [0.25, 0.3) is 0 Å². The molecule has 0 fully saturated rings. The third-order valence-electron chi connectivity index (χ3n) is 1.15. The minimum absolute atomic E-state index is 0. The zero-order valence-corrected chi connectivity index (χ0v) is 8.75. The van der Waals surface area contributed by atoms with E-state index < -0.39 is 0 Å². The number of hydrogen-bond donors (Lipinski definition) is 0. The maximum Gasteiger partial charge on any atom is 1.00 e. The molecule has 0 unspecified atom stereocenters. The van der Waals surface area contributed by atoms with E-state index >= 15 is 0 Å². The van der Waals surface area contributed by atoms with Gasteiger partial charge in [-0.3, -0.25) is 0 Å². The average molecular weight is 168 g/mol. The van der Waals surface area contributed by atoms with Crippen LogP contribution in [0.3, 0.4) is 0 Å². The minimum Gasteiger partial charge on any atom is -0.552 e. The number of unbranched alkanes of at least 4 members (excludes halogenated alkanes) is 1. The fourth-order valence-electron chi connectivity index (χ4n) is 0.633. The summed E-state index contributed by atoms with van der Waals surface area (Å²) in [5.74, 6) is 1.26. The Hall–Kier alpha value is 0.907. The third-order valence-corrected chi connectivity index (χ3v) is 1.84. The second kappa shape index (κ2) is 13.5. The second-order valence-corrected chi connectivity index (χ2v) is 3.13. The molecule has 0 amide bonds. The summed E-state index contributed by atoms with van der Waals surface area (Å²) in [6.45, 7) is 4.86. The molecule has 0 aliphatic heterocycles. The summed E-state index contributed by atoms with van der Waals surface area (Å²) in [4.78, 5) is 0. The van der Waals surface area contributed by atoms with Gasteiger partial charge in [0.15, 0.2) is 0 Å². The normalized spacial score (nSPS) is 9.27. The van der Waals surface area contributed by atoms with E-state index in [0.29, 0.717) is 0 Å². The number of ether oxygens (including phenoxy) is 1. The van der Waals surface area contributed by atoms with Gasteiger partial charge in [-0.2, -0.15) is 18.2 Å². The summed E-state index contributed by atoms with van der Waals surface area (Å²) in [5.41, 5.74) is 0. The van der Waals surface area contributed by atoms with Crippen LogP contribution in [0.4, 0.5) is 0 Å². The van der Waals surface area contributed by atoms with Crippen LogP contribution in [-0.4, -0.2) is 18.6 Å². The van der Waals surface area contributed by atoms with E-state index in [1.165, 1.54) is 18.6 Å². The van der Waals surface area contributed by atoms with Gasteiger partial charge in [-0.1, -0.05) is 6.92 Å². The number of hydrogen-bond acceptors (Lipinski definition) is 2. The van der Waals surface area contributed by atoms with Crippen LogP contribution in [0, 0.1) is 6.61 Å². The first-order valence-electron chi connectivity index (χ1n) is 3.84. The Bertz CT molecular complexity index is 54.1. The van der Waals surface area contributed by atoms with Gasteiger partial charge in [0.1, 0.15) is 0 Å². The maximum atomic E-state index is 5.20. The molecular formula is C8H17LiOS. The van der Waals surface area contributed by atoms with Crippen molar-refractivity contribution in [1.29, 1.82) is 0 Å². The smallest absolute Gasteiger partial charge is 0.552 e. The van der Waals surface area contributed by atoms with Gasteiger partial charge in [-0.25, -0.2) is 6.61 Å². The summed E-state index contributed by atoms with van der Waals surface area (Å²) in [5, 5.41) is 0. The first kappa shape index (κ1) is 14.4. The average Bonchev–Trinajstić information content (AvgIpc) is 1.97. The Labute approximate surface area is 86.8 Å². The van der Waals surface area contributed by atoms with Crippen molar-refractivity contribution in [3.63, 3.8) is 0 Å². The predicted octanol–water partition coefficient (Wildman–Crippen LogP) is -0.278. The summed E-state index contributed by atoms with van der Waals surface area (Å²) >= 11 is 1.90. The Morgan fingerprint density at radius 3 is 2.64 bits per heavy atom. The zero-order chi connectivity index (χ0) is 7.66. The van der Waals surface area contributed by atoms with Crippen molar-refractivity contribution >= 4 is 11.8 Å². The fourth-order valence-corrected chi connectivity index (χ4v) is 1.13. The van der Waals surface area contributed by atoms with Crippen LogP contribution in [0.2, 0.25) is 0 Å². The van der Waals surface area contributed by atoms with Crippen molar-refractivity contribution in [2.24, 2.45) is 0 Å². The van der Waals surface area contributed by atoms with E-state index in [-0.39, 0.29) is 18.9 Å². The second-order valence-electron chi connectivity index (χ2n) is 2.15. The topological polar surface area (TPSA) is 9.23 Å². The molecule has 0 saturated heterocycles. The Balaban J connectivity index is 0.